The van der Waals surface area contributed by atoms with E-state index in [2.05, 4.69) is 10.1 Å². The molecule has 0 aliphatic carbocycles. The van der Waals surface area contributed by atoms with Crippen molar-refractivity contribution in [2.45, 2.75) is 43.7 Å². The van der Waals surface area contributed by atoms with Crippen LogP contribution in [0.5, 0.6) is 0 Å². The van der Waals surface area contributed by atoms with Gasteiger partial charge in [-0.3, -0.25) is 4.79 Å². The standard InChI is InChI=1S/C22H26N2O5S/c1-16-5-3-4-14-24(16)30(27,28)20-12-10-18(11-13-20)21(25)23-15-17-6-8-19(9-7-17)22(26)29-2/h6-13,16H,3-5,14-15H2,1-2H3,(H,23,25)/t16-/m1/s1. The Kier molecular flexibility index (Phi) is 6.89. The van der Waals surface area contributed by atoms with Crippen LogP contribution in [0.2, 0.25) is 0 Å². The lowest BCUT2D eigenvalue weighted by Crippen LogP contribution is -2.41. The van der Waals surface area contributed by atoms with Gasteiger partial charge in [0.2, 0.25) is 10.0 Å². The number of hydrogen-bond donors (Lipinski definition) is 1. The smallest absolute Gasteiger partial charge is 0.337 e. The fourth-order valence-electron chi connectivity index (χ4n) is 3.50. The Morgan fingerprint density at radius 2 is 1.67 bits per heavy atom. The van der Waals surface area contributed by atoms with Gasteiger partial charge in [0, 0.05) is 24.7 Å². The fraction of sp³-hybridized carbons (Fsp3) is 0.364. The summed E-state index contributed by atoms with van der Waals surface area (Å²) in [5.41, 5.74) is 1.65. The number of carbonyl (C=O) groups excluding carboxylic acids is 2. The number of ether oxygens (including phenoxy) is 1. The van der Waals surface area contributed by atoms with Crippen LogP contribution in [0.15, 0.2) is 53.4 Å². The number of hydrogen-bond acceptors (Lipinski definition) is 5. The van der Waals surface area contributed by atoms with Gasteiger partial charge in [-0.1, -0.05) is 18.6 Å². The maximum absolute atomic E-state index is 12.9. The van der Waals surface area contributed by atoms with E-state index in [-0.39, 0.29) is 23.4 Å². The number of methoxy groups -OCH3 is 1. The van der Waals surface area contributed by atoms with Crippen LogP contribution in [-0.4, -0.2) is 44.3 Å². The zero-order chi connectivity index (χ0) is 21.7. The minimum absolute atomic E-state index is 0.0164. The summed E-state index contributed by atoms with van der Waals surface area (Å²) in [6.45, 7) is 2.74. The lowest BCUT2D eigenvalue weighted by atomic mass is 10.1. The highest BCUT2D eigenvalue weighted by Gasteiger charge is 2.30. The maximum Gasteiger partial charge on any atom is 0.337 e. The Bertz CT molecular complexity index is 1000. The number of carbonyl (C=O) groups is 2. The van der Waals surface area contributed by atoms with Gasteiger partial charge in [0.25, 0.3) is 5.91 Å². The average Bonchev–Trinajstić information content (AvgIpc) is 2.77. The maximum atomic E-state index is 12.9. The molecule has 1 atom stereocenters. The Hall–Kier alpha value is -2.71. The van der Waals surface area contributed by atoms with E-state index in [9.17, 15) is 18.0 Å². The molecule has 1 amide bonds. The number of esters is 1. The highest BCUT2D eigenvalue weighted by Crippen LogP contribution is 2.25. The molecule has 2 aromatic carbocycles. The number of amides is 1. The lowest BCUT2D eigenvalue weighted by Gasteiger charge is -2.32. The minimum atomic E-state index is -3.56. The number of benzene rings is 2. The van der Waals surface area contributed by atoms with Crippen molar-refractivity contribution < 1.29 is 22.7 Å². The molecular weight excluding hydrogens is 404 g/mol. The van der Waals surface area contributed by atoms with Gasteiger partial charge in [-0.15, -0.1) is 0 Å². The summed E-state index contributed by atoms with van der Waals surface area (Å²) in [6, 6.07) is 12.7. The Morgan fingerprint density at radius 3 is 2.27 bits per heavy atom. The van der Waals surface area contributed by atoms with Crippen molar-refractivity contribution in [2.24, 2.45) is 0 Å². The van der Waals surface area contributed by atoms with Crippen LogP contribution in [0.3, 0.4) is 0 Å². The first kappa shape index (κ1) is 22.0. The topological polar surface area (TPSA) is 92.8 Å². The van der Waals surface area contributed by atoms with E-state index < -0.39 is 16.0 Å². The summed E-state index contributed by atoms with van der Waals surface area (Å²) in [7, 11) is -2.24. The highest BCUT2D eigenvalue weighted by molar-refractivity contribution is 7.89. The highest BCUT2D eigenvalue weighted by atomic mass is 32.2. The van der Waals surface area contributed by atoms with Gasteiger partial charge in [0.15, 0.2) is 0 Å². The third kappa shape index (κ3) is 4.88. The third-order valence-corrected chi connectivity index (χ3v) is 7.32. The van der Waals surface area contributed by atoms with Crippen molar-refractivity contribution >= 4 is 21.9 Å². The molecule has 1 aliphatic heterocycles. The zero-order valence-corrected chi connectivity index (χ0v) is 17.9. The second-order valence-corrected chi connectivity index (χ2v) is 9.25. The molecule has 0 unspecified atom stereocenters. The van der Waals surface area contributed by atoms with Crippen LogP contribution < -0.4 is 5.32 Å². The molecule has 30 heavy (non-hydrogen) atoms. The van der Waals surface area contributed by atoms with Gasteiger partial charge in [0.05, 0.1) is 17.6 Å². The second-order valence-electron chi connectivity index (χ2n) is 7.36. The first-order chi connectivity index (χ1) is 14.3. The quantitative estimate of drug-likeness (QED) is 0.712. The van der Waals surface area contributed by atoms with Gasteiger partial charge < -0.3 is 10.1 Å². The molecule has 8 heteroatoms. The number of sulfonamides is 1. The molecule has 0 bridgehead atoms. The summed E-state index contributed by atoms with van der Waals surface area (Å²) >= 11 is 0. The van der Waals surface area contributed by atoms with Gasteiger partial charge in [-0.05, 0) is 61.7 Å². The number of rotatable bonds is 6. The number of nitrogens with zero attached hydrogens (tertiary/aromatic N) is 1. The largest absolute Gasteiger partial charge is 0.465 e. The molecule has 0 aromatic heterocycles. The van der Waals surface area contributed by atoms with E-state index in [1.54, 1.807) is 28.6 Å². The molecule has 1 heterocycles. The molecule has 0 saturated carbocycles. The van der Waals surface area contributed by atoms with Crippen LogP contribution in [-0.2, 0) is 21.3 Å². The Labute approximate surface area is 177 Å². The number of nitrogens with one attached hydrogen (secondary N) is 1. The lowest BCUT2D eigenvalue weighted by molar-refractivity contribution is 0.0600. The van der Waals surface area contributed by atoms with Crippen molar-refractivity contribution in [2.75, 3.05) is 13.7 Å². The van der Waals surface area contributed by atoms with Crippen molar-refractivity contribution in [3.63, 3.8) is 0 Å². The zero-order valence-electron chi connectivity index (χ0n) is 17.1. The molecule has 1 aliphatic rings. The summed E-state index contributed by atoms with van der Waals surface area (Å²) in [6.07, 6.45) is 2.77. The average molecular weight is 431 g/mol. The molecule has 3 rings (SSSR count). The van der Waals surface area contributed by atoms with Crippen molar-refractivity contribution in [3.05, 3.63) is 65.2 Å². The molecule has 0 spiro atoms. The first-order valence-corrected chi connectivity index (χ1v) is 11.3. The van der Waals surface area contributed by atoms with Crippen LogP contribution in [0, 0.1) is 0 Å². The normalized spacial score (nSPS) is 17.3. The summed E-state index contributed by atoms with van der Waals surface area (Å²) in [4.78, 5) is 24.1. The van der Waals surface area contributed by atoms with Gasteiger partial charge in [-0.2, -0.15) is 4.31 Å². The summed E-state index contributed by atoms with van der Waals surface area (Å²) in [5, 5.41) is 2.79. The van der Waals surface area contributed by atoms with Crippen LogP contribution >= 0.6 is 0 Å². The van der Waals surface area contributed by atoms with Crippen LogP contribution in [0.1, 0.15) is 52.5 Å². The van der Waals surface area contributed by atoms with Gasteiger partial charge >= 0.3 is 5.97 Å². The van der Waals surface area contributed by atoms with E-state index >= 15 is 0 Å². The van der Waals surface area contributed by atoms with Crippen molar-refractivity contribution in [1.29, 1.82) is 0 Å². The predicted octanol–water partition coefficient (Wildman–Crippen LogP) is 2.97. The molecule has 160 valence electrons. The molecule has 7 nitrogen and oxygen atoms in total. The molecular formula is C22H26N2O5S. The van der Waals surface area contributed by atoms with E-state index in [1.165, 1.54) is 31.4 Å². The summed E-state index contributed by atoms with van der Waals surface area (Å²) < 4.78 is 32.0. The SMILES string of the molecule is COC(=O)c1ccc(CNC(=O)c2ccc(S(=O)(=O)N3CCCC[C@H]3C)cc2)cc1. The van der Waals surface area contributed by atoms with Gasteiger partial charge in [0.1, 0.15) is 0 Å². The fourth-order valence-corrected chi connectivity index (χ4v) is 5.20. The molecule has 2 aromatic rings. The Balaban J connectivity index is 1.63. The van der Waals surface area contributed by atoms with E-state index in [1.807, 2.05) is 6.92 Å². The molecule has 0 radical (unpaired) electrons. The van der Waals surface area contributed by atoms with Crippen LogP contribution in [0.25, 0.3) is 0 Å². The van der Waals surface area contributed by atoms with E-state index in [0.29, 0.717) is 17.7 Å². The van der Waals surface area contributed by atoms with Crippen LogP contribution in [0.4, 0.5) is 0 Å². The van der Waals surface area contributed by atoms with E-state index in [0.717, 1.165) is 24.8 Å². The summed E-state index contributed by atoms with van der Waals surface area (Å²) in [5.74, 6) is -0.720. The molecule has 1 fully saturated rings. The second kappa shape index (κ2) is 9.40. The first-order valence-electron chi connectivity index (χ1n) is 9.90. The number of piperidine rings is 1. The minimum Gasteiger partial charge on any atom is -0.465 e. The molecule has 1 N–H and O–H groups in total. The monoisotopic (exact) mass is 430 g/mol. The van der Waals surface area contributed by atoms with Gasteiger partial charge in [-0.25, -0.2) is 13.2 Å². The Morgan fingerprint density at radius 1 is 1.03 bits per heavy atom. The predicted molar refractivity (Wildman–Crippen MR) is 113 cm³/mol. The molecule has 1 saturated heterocycles. The van der Waals surface area contributed by atoms with Crippen molar-refractivity contribution in [1.82, 2.24) is 9.62 Å². The third-order valence-electron chi connectivity index (χ3n) is 5.29. The van der Waals surface area contributed by atoms with E-state index in [4.69, 9.17) is 0 Å². The van der Waals surface area contributed by atoms with Crippen molar-refractivity contribution in [3.8, 4) is 0 Å².